The highest BCUT2D eigenvalue weighted by Crippen LogP contribution is 2.57. The molecule has 3 atom stereocenters. The molecule has 1 saturated carbocycles. The van der Waals surface area contributed by atoms with E-state index < -0.39 is 11.4 Å². The molecule has 6 heterocycles. The van der Waals surface area contributed by atoms with E-state index in [1.807, 2.05) is 17.8 Å². The predicted molar refractivity (Wildman–Crippen MR) is 156 cm³/mol. The van der Waals surface area contributed by atoms with Crippen LogP contribution in [0.4, 0.5) is 5.82 Å². The molecule has 3 aliphatic heterocycles. The summed E-state index contributed by atoms with van der Waals surface area (Å²) >= 11 is 0. The number of anilines is 1. The monoisotopic (exact) mass is 577 g/mol. The van der Waals surface area contributed by atoms with Gasteiger partial charge in [0.2, 0.25) is 0 Å². The Balaban J connectivity index is 1.25. The van der Waals surface area contributed by atoms with Crippen LogP contribution in [0.1, 0.15) is 82.5 Å². The van der Waals surface area contributed by atoms with Gasteiger partial charge in [0, 0.05) is 31.1 Å². The highest BCUT2D eigenvalue weighted by molar-refractivity contribution is 5.89. The molecule has 0 amide bonds. The van der Waals surface area contributed by atoms with E-state index in [2.05, 4.69) is 16.8 Å². The van der Waals surface area contributed by atoms with Gasteiger partial charge in [-0.2, -0.15) is 5.10 Å². The van der Waals surface area contributed by atoms with Crippen molar-refractivity contribution in [2.75, 3.05) is 44.8 Å². The molecule has 226 valence electrons. The minimum Gasteiger partial charge on any atom is -0.388 e. The van der Waals surface area contributed by atoms with E-state index in [1.54, 1.807) is 0 Å². The standard InChI is InChI=1S/C31H43N7O4/c1-29(39)10-7-15-37(20-29)27-23-18-32-38(19-21-8-6-14-36(21)2)28(23)34-26(33-27)24-22-9-5-12-30(25(22)42-35-24)11-3-4-13-31(30)40-16-17-41-31/h18,21,39H,3-17,19-20H2,1-2H3/t21-,29-,30+/m1/s1. The van der Waals surface area contributed by atoms with Gasteiger partial charge in [-0.15, -0.1) is 0 Å². The van der Waals surface area contributed by atoms with Crippen LogP contribution in [0.25, 0.3) is 22.6 Å². The number of likely N-dealkylation sites (tertiary alicyclic amines) is 1. The van der Waals surface area contributed by atoms with Crippen molar-refractivity contribution in [3.05, 3.63) is 17.5 Å². The summed E-state index contributed by atoms with van der Waals surface area (Å²) in [5.74, 6) is 1.68. The number of hydrogen-bond acceptors (Lipinski definition) is 10. The van der Waals surface area contributed by atoms with Crippen LogP contribution >= 0.6 is 0 Å². The molecule has 5 aliphatic rings. The summed E-state index contributed by atoms with van der Waals surface area (Å²) in [5.41, 5.74) is 1.54. The number of hydrogen-bond donors (Lipinski definition) is 1. The highest BCUT2D eigenvalue weighted by Gasteiger charge is 2.61. The first-order chi connectivity index (χ1) is 20.4. The maximum Gasteiger partial charge on any atom is 0.186 e. The average molecular weight is 578 g/mol. The number of nitrogens with zero attached hydrogens (tertiary/aromatic N) is 7. The normalized spacial score (nSPS) is 31.5. The summed E-state index contributed by atoms with van der Waals surface area (Å²) in [4.78, 5) is 15.0. The van der Waals surface area contributed by atoms with Crippen LogP contribution in [0.5, 0.6) is 0 Å². The van der Waals surface area contributed by atoms with Crippen molar-refractivity contribution < 1.29 is 19.1 Å². The van der Waals surface area contributed by atoms with Crippen molar-refractivity contribution in [1.82, 2.24) is 29.8 Å². The Hall–Kier alpha value is -2.60. The fourth-order valence-corrected chi connectivity index (χ4v) is 8.70. The average Bonchev–Trinajstić information content (AvgIpc) is 3.78. The Morgan fingerprint density at radius 1 is 1.00 bits per heavy atom. The smallest absolute Gasteiger partial charge is 0.186 e. The van der Waals surface area contributed by atoms with E-state index >= 15 is 0 Å². The number of rotatable bonds is 4. The molecule has 42 heavy (non-hydrogen) atoms. The van der Waals surface area contributed by atoms with Crippen molar-refractivity contribution in [2.45, 2.75) is 107 Å². The van der Waals surface area contributed by atoms with Crippen molar-refractivity contribution >= 4 is 16.9 Å². The van der Waals surface area contributed by atoms with E-state index in [0.717, 1.165) is 118 Å². The number of β-amino-alcohol motifs (C(OH)–C–C–N with tert-alkyl or cyclic N) is 1. The van der Waals surface area contributed by atoms with Gasteiger partial charge < -0.3 is 28.9 Å². The molecule has 0 aromatic carbocycles. The molecule has 4 fully saturated rings. The second-order valence-electron chi connectivity index (χ2n) is 13.7. The van der Waals surface area contributed by atoms with Gasteiger partial charge in [0.25, 0.3) is 0 Å². The first-order valence-corrected chi connectivity index (χ1v) is 16.1. The Kier molecular flexibility index (Phi) is 6.41. The summed E-state index contributed by atoms with van der Waals surface area (Å²) in [7, 11) is 2.19. The van der Waals surface area contributed by atoms with E-state index in [1.165, 1.54) is 6.42 Å². The van der Waals surface area contributed by atoms with E-state index in [0.29, 0.717) is 31.6 Å². The first kappa shape index (κ1) is 27.0. The molecule has 2 aliphatic carbocycles. The van der Waals surface area contributed by atoms with E-state index in [9.17, 15) is 5.11 Å². The molecule has 8 rings (SSSR count). The second-order valence-corrected chi connectivity index (χ2v) is 13.7. The van der Waals surface area contributed by atoms with Gasteiger partial charge >= 0.3 is 0 Å². The third kappa shape index (κ3) is 4.14. The molecule has 0 radical (unpaired) electrons. The largest absolute Gasteiger partial charge is 0.388 e. The Bertz CT molecular complexity index is 1480. The lowest BCUT2D eigenvalue weighted by Crippen LogP contribution is -2.56. The van der Waals surface area contributed by atoms with Gasteiger partial charge in [-0.05, 0) is 78.3 Å². The molecule has 3 aromatic rings. The van der Waals surface area contributed by atoms with Crippen LogP contribution in [-0.2, 0) is 27.9 Å². The third-order valence-corrected chi connectivity index (χ3v) is 10.8. The summed E-state index contributed by atoms with van der Waals surface area (Å²) in [6.07, 6.45) is 12.9. The van der Waals surface area contributed by atoms with E-state index in [4.69, 9.17) is 34.2 Å². The van der Waals surface area contributed by atoms with Crippen molar-refractivity contribution in [2.24, 2.45) is 0 Å². The van der Waals surface area contributed by atoms with Gasteiger partial charge in [-0.25, -0.2) is 14.6 Å². The molecular formula is C31H43N7O4. The molecular weight excluding hydrogens is 534 g/mol. The van der Waals surface area contributed by atoms with E-state index in [-0.39, 0.29) is 5.41 Å². The second kappa shape index (κ2) is 9.97. The fraction of sp³-hybridized carbons (Fsp3) is 0.742. The Morgan fingerprint density at radius 3 is 2.64 bits per heavy atom. The zero-order valence-corrected chi connectivity index (χ0v) is 25.0. The third-order valence-electron chi connectivity index (χ3n) is 10.8. The lowest BCUT2D eigenvalue weighted by atomic mass is 9.61. The molecule has 0 unspecified atom stereocenters. The minimum absolute atomic E-state index is 0.325. The molecule has 1 N–H and O–H groups in total. The number of piperidine rings is 1. The molecule has 11 heteroatoms. The summed E-state index contributed by atoms with van der Waals surface area (Å²) in [5, 5.41) is 21.5. The summed E-state index contributed by atoms with van der Waals surface area (Å²) in [6, 6.07) is 0.430. The zero-order chi connectivity index (χ0) is 28.5. The van der Waals surface area contributed by atoms with Crippen LogP contribution in [0.2, 0.25) is 0 Å². The van der Waals surface area contributed by atoms with Crippen molar-refractivity contribution in [3.63, 3.8) is 0 Å². The van der Waals surface area contributed by atoms with Crippen LogP contribution in [-0.4, -0.2) is 92.2 Å². The Morgan fingerprint density at radius 2 is 1.83 bits per heavy atom. The quantitative estimate of drug-likeness (QED) is 0.491. The molecule has 11 nitrogen and oxygen atoms in total. The number of fused-ring (bicyclic) bond motifs is 4. The predicted octanol–water partition coefficient (Wildman–Crippen LogP) is 3.82. The minimum atomic E-state index is -0.770. The van der Waals surface area contributed by atoms with Gasteiger partial charge in [0.15, 0.2) is 28.7 Å². The summed E-state index contributed by atoms with van der Waals surface area (Å²) < 4.78 is 21.2. The fourth-order valence-electron chi connectivity index (χ4n) is 8.70. The van der Waals surface area contributed by atoms with Crippen LogP contribution in [0.3, 0.4) is 0 Å². The van der Waals surface area contributed by atoms with Gasteiger partial charge in [-0.3, -0.25) is 0 Å². The SMILES string of the molecule is CN1CCC[C@@H]1Cn1ncc2c(N3CCC[C@@](C)(O)C3)nc(-c3noc4c3CCC[C@@]43CCCCC34OCCO4)nc21. The van der Waals surface area contributed by atoms with Gasteiger partial charge in [0.05, 0.1) is 42.4 Å². The first-order valence-electron chi connectivity index (χ1n) is 16.1. The van der Waals surface area contributed by atoms with Crippen molar-refractivity contribution in [3.8, 4) is 11.5 Å². The van der Waals surface area contributed by atoms with Gasteiger partial charge in [-0.1, -0.05) is 11.6 Å². The highest BCUT2D eigenvalue weighted by atomic mass is 16.7. The zero-order valence-electron chi connectivity index (χ0n) is 25.0. The molecule has 3 aromatic heterocycles. The summed E-state index contributed by atoms with van der Waals surface area (Å²) in [6.45, 7) is 6.41. The molecule has 3 saturated heterocycles. The van der Waals surface area contributed by atoms with Crippen molar-refractivity contribution in [1.29, 1.82) is 0 Å². The van der Waals surface area contributed by atoms with Crippen LogP contribution in [0, 0.1) is 0 Å². The maximum atomic E-state index is 11.0. The number of ether oxygens (including phenoxy) is 2. The maximum absolute atomic E-state index is 11.0. The van der Waals surface area contributed by atoms with Gasteiger partial charge in [0.1, 0.15) is 5.82 Å². The Labute approximate surface area is 246 Å². The molecule has 2 spiro atoms. The number of likely N-dealkylation sites (N-methyl/N-ethyl adjacent to an activating group) is 1. The number of aliphatic hydroxyl groups is 1. The van der Waals surface area contributed by atoms with Crippen LogP contribution in [0.15, 0.2) is 10.7 Å². The topological polar surface area (TPSA) is 115 Å². The lowest BCUT2D eigenvalue weighted by Gasteiger charge is -2.50. The number of aromatic nitrogens is 5. The lowest BCUT2D eigenvalue weighted by molar-refractivity contribution is -0.235. The van der Waals surface area contributed by atoms with Crippen LogP contribution < -0.4 is 4.90 Å². The molecule has 0 bridgehead atoms.